The summed E-state index contributed by atoms with van der Waals surface area (Å²) in [5, 5.41) is 10.1. The van der Waals surface area contributed by atoms with Crippen LogP contribution in [0.25, 0.3) is 11.3 Å². The number of halogens is 2. The Morgan fingerprint density at radius 3 is 2.80 bits per heavy atom. The zero-order valence-electron chi connectivity index (χ0n) is 17.3. The third-order valence-corrected chi connectivity index (χ3v) is 6.19. The maximum atomic E-state index is 6.28. The topological polar surface area (TPSA) is 43.2 Å². The molecule has 0 saturated carbocycles. The first-order chi connectivity index (χ1) is 14.5. The Kier molecular flexibility index (Phi) is 6.61. The quantitative estimate of drug-likeness (QED) is 0.476. The summed E-state index contributed by atoms with van der Waals surface area (Å²) in [6.45, 7) is 7.01. The minimum Gasteiger partial charge on any atom is -0.488 e. The van der Waals surface area contributed by atoms with E-state index in [1.165, 1.54) is 6.42 Å². The molecule has 0 bridgehead atoms. The summed E-state index contributed by atoms with van der Waals surface area (Å²) in [6.07, 6.45) is 4.34. The highest BCUT2D eigenvalue weighted by molar-refractivity contribution is 6.35. The molecule has 158 valence electrons. The molecule has 2 heterocycles. The number of likely N-dealkylation sites (tertiary alicyclic amines) is 1. The molecule has 5 nitrogen and oxygen atoms in total. The summed E-state index contributed by atoms with van der Waals surface area (Å²) < 4.78 is 8.10. The van der Waals surface area contributed by atoms with E-state index >= 15 is 0 Å². The fraction of sp³-hybridized carbons (Fsp3) is 0.391. The first kappa shape index (κ1) is 21.2. The van der Waals surface area contributed by atoms with Crippen LogP contribution in [0.15, 0.2) is 48.7 Å². The Hall–Kier alpha value is -2.08. The molecule has 1 unspecified atom stereocenters. The van der Waals surface area contributed by atoms with Crippen LogP contribution >= 0.6 is 23.2 Å². The van der Waals surface area contributed by atoms with Gasteiger partial charge < -0.3 is 4.74 Å². The van der Waals surface area contributed by atoms with Crippen LogP contribution < -0.4 is 4.74 Å². The monoisotopic (exact) mass is 444 g/mol. The van der Waals surface area contributed by atoms with Crippen LogP contribution in [0.3, 0.4) is 0 Å². The molecule has 4 rings (SSSR count). The average molecular weight is 445 g/mol. The summed E-state index contributed by atoms with van der Waals surface area (Å²) in [5.74, 6) is 0.753. The van der Waals surface area contributed by atoms with Crippen LogP contribution in [0.2, 0.25) is 10.0 Å². The maximum Gasteiger partial charge on any atom is 0.129 e. The molecule has 3 aromatic rings. The highest BCUT2D eigenvalue weighted by Crippen LogP contribution is 2.31. The highest BCUT2D eigenvalue weighted by atomic mass is 35.5. The van der Waals surface area contributed by atoms with E-state index < -0.39 is 0 Å². The van der Waals surface area contributed by atoms with Crippen molar-refractivity contribution in [2.24, 2.45) is 0 Å². The Labute approximate surface area is 187 Å². The molecule has 1 aliphatic heterocycles. The molecule has 0 radical (unpaired) electrons. The third-order valence-electron chi connectivity index (χ3n) is 5.60. The predicted molar refractivity (Wildman–Crippen MR) is 121 cm³/mol. The van der Waals surface area contributed by atoms with Crippen molar-refractivity contribution in [2.45, 2.75) is 45.4 Å². The molecule has 7 heteroatoms. The minimum absolute atomic E-state index is 0.350. The molecule has 2 aromatic carbocycles. The van der Waals surface area contributed by atoms with Crippen LogP contribution in [-0.2, 0) is 6.61 Å². The van der Waals surface area contributed by atoms with Gasteiger partial charge in [0.05, 0.1) is 12.2 Å². The molecule has 1 aromatic heterocycles. The van der Waals surface area contributed by atoms with Crippen LogP contribution in [0, 0.1) is 0 Å². The first-order valence-corrected chi connectivity index (χ1v) is 11.1. The molecule has 0 spiro atoms. The molecule has 0 aliphatic carbocycles. The number of hydrogen-bond acceptors (Lipinski definition) is 4. The molecular weight excluding hydrogens is 419 g/mol. The fourth-order valence-corrected chi connectivity index (χ4v) is 4.31. The van der Waals surface area contributed by atoms with Gasteiger partial charge in [0.1, 0.15) is 18.1 Å². The van der Waals surface area contributed by atoms with E-state index in [1.807, 2.05) is 47.3 Å². The lowest BCUT2D eigenvalue weighted by atomic mass is 10.0. The fourth-order valence-electron chi connectivity index (χ4n) is 3.85. The summed E-state index contributed by atoms with van der Waals surface area (Å²) in [4.78, 5) is 2.50. The van der Waals surface area contributed by atoms with Gasteiger partial charge in [-0.3, -0.25) is 4.90 Å². The molecule has 1 atom stereocenters. The second-order valence-corrected chi connectivity index (χ2v) is 8.83. The summed E-state index contributed by atoms with van der Waals surface area (Å²) in [6, 6.07) is 14.2. The lowest BCUT2D eigenvalue weighted by Crippen LogP contribution is -2.40. The molecule has 1 fully saturated rings. The number of benzene rings is 2. The standard InChI is InChI=1S/C23H26Cl2N4O/c1-16(2)28-11-5-6-19(13-28)29-14-22(26-27-29)20-7-3-4-8-23(20)30-15-17-9-10-18(24)12-21(17)25/h3-4,7-10,12,14,16,19H,5-6,11,13,15H2,1-2H3. The number of ether oxygens (including phenoxy) is 1. The van der Waals surface area contributed by atoms with Gasteiger partial charge in [-0.25, -0.2) is 4.68 Å². The Morgan fingerprint density at radius 1 is 1.17 bits per heavy atom. The van der Waals surface area contributed by atoms with Gasteiger partial charge in [-0.2, -0.15) is 0 Å². The van der Waals surface area contributed by atoms with Gasteiger partial charge in [0.25, 0.3) is 0 Å². The molecule has 1 aliphatic rings. The normalized spacial score (nSPS) is 17.4. The highest BCUT2D eigenvalue weighted by Gasteiger charge is 2.24. The van der Waals surface area contributed by atoms with Gasteiger partial charge in [-0.1, -0.05) is 46.6 Å². The second kappa shape index (κ2) is 9.38. The summed E-state index contributed by atoms with van der Waals surface area (Å²) in [5.41, 5.74) is 2.62. The number of hydrogen-bond donors (Lipinski definition) is 0. The number of rotatable bonds is 6. The molecule has 0 amide bonds. The number of aromatic nitrogens is 3. The zero-order chi connectivity index (χ0) is 21.1. The zero-order valence-corrected chi connectivity index (χ0v) is 18.8. The van der Waals surface area contributed by atoms with Crippen LogP contribution in [0.1, 0.15) is 38.3 Å². The van der Waals surface area contributed by atoms with Crippen LogP contribution in [-0.4, -0.2) is 39.0 Å². The van der Waals surface area contributed by atoms with Crippen molar-refractivity contribution in [2.75, 3.05) is 13.1 Å². The molecular formula is C23H26Cl2N4O. The largest absolute Gasteiger partial charge is 0.488 e. The Balaban J connectivity index is 1.51. The van der Waals surface area contributed by atoms with Gasteiger partial charge in [-0.05, 0) is 57.5 Å². The van der Waals surface area contributed by atoms with E-state index in [2.05, 4.69) is 29.1 Å². The molecule has 1 saturated heterocycles. The van der Waals surface area contributed by atoms with E-state index in [0.717, 1.165) is 42.1 Å². The van der Waals surface area contributed by atoms with Gasteiger partial charge in [0, 0.05) is 33.8 Å². The molecule has 0 N–H and O–H groups in total. The van der Waals surface area contributed by atoms with Crippen molar-refractivity contribution >= 4 is 23.2 Å². The predicted octanol–water partition coefficient (Wildman–Crippen LogP) is 5.88. The van der Waals surface area contributed by atoms with E-state index in [-0.39, 0.29) is 0 Å². The van der Waals surface area contributed by atoms with Gasteiger partial charge in [0.2, 0.25) is 0 Å². The van der Waals surface area contributed by atoms with Crippen molar-refractivity contribution < 1.29 is 4.74 Å². The van der Waals surface area contributed by atoms with Crippen molar-refractivity contribution in [3.8, 4) is 17.0 Å². The summed E-state index contributed by atoms with van der Waals surface area (Å²) in [7, 11) is 0. The van der Waals surface area contributed by atoms with Crippen LogP contribution in [0.4, 0.5) is 0 Å². The van der Waals surface area contributed by atoms with Crippen molar-refractivity contribution in [1.82, 2.24) is 19.9 Å². The lowest BCUT2D eigenvalue weighted by molar-refractivity contribution is 0.136. The van der Waals surface area contributed by atoms with E-state index in [9.17, 15) is 0 Å². The van der Waals surface area contributed by atoms with Crippen molar-refractivity contribution in [1.29, 1.82) is 0 Å². The lowest BCUT2D eigenvalue weighted by Gasteiger charge is -2.35. The second-order valence-electron chi connectivity index (χ2n) is 7.99. The van der Waals surface area contributed by atoms with Gasteiger partial charge in [0.15, 0.2) is 0 Å². The smallest absolute Gasteiger partial charge is 0.129 e. The maximum absolute atomic E-state index is 6.28. The van der Waals surface area contributed by atoms with E-state index in [4.69, 9.17) is 27.9 Å². The van der Waals surface area contributed by atoms with E-state index in [0.29, 0.717) is 28.7 Å². The Bertz CT molecular complexity index is 1000. The van der Waals surface area contributed by atoms with Crippen molar-refractivity contribution in [3.05, 3.63) is 64.3 Å². The van der Waals surface area contributed by atoms with Gasteiger partial charge in [-0.15, -0.1) is 5.10 Å². The summed E-state index contributed by atoms with van der Waals surface area (Å²) >= 11 is 12.3. The third kappa shape index (κ3) is 4.80. The van der Waals surface area contributed by atoms with E-state index in [1.54, 1.807) is 6.07 Å². The van der Waals surface area contributed by atoms with Gasteiger partial charge >= 0.3 is 0 Å². The molecule has 30 heavy (non-hydrogen) atoms. The van der Waals surface area contributed by atoms with Crippen molar-refractivity contribution in [3.63, 3.8) is 0 Å². The average Bonchev–Trinajstić information content (AvgIpc) is 3.23. The Morgan fingerprint density at radius 2 is 2.00 bits per heavy atom. The number of nitrogens with zero attached hydrogens (tertiary/aromatic N) is 4. The first-order valence-electron chi connectivity index (χ1n) is 10.3. The minimum atomic E-state index is 0.350. The SMILES string of the molecule is CC(C)N1CCCC(n2cc(-c3ccccc3OCc3ccc(Cl)cc3Cl)nn2)C1. The number of para-hydroxylation sites is 1. The van der Waals surface area contributed by atoms with Crippen LogP contribution in [0.5, 0.6) is 5.75 Å². The number of piperidine rings is 1.